The number of hydrogen-bond donors (Lipinski definition) is 1. The largest absolute Gasteiger partial charge is 0.378 e. The van der Waals surface area contributed by atoms with Crippen LogP contribution in [0.15, 0.2) is 24.3 Å². The number of hydrogen-bond acceptors (Lipinski definition) is 2. The van der Waals surface area contributed by atoms with E-state index in [0.29, 0.717) is 12.0 Å². The minimum absolute atomic E-state index is 0.375. The average Bonchev–Trinajstić information content (AvgIpc) is 2.30. The van der Waals surface area contributed by atoms with Gasteiger partial charge in [0.05, 0.1) is 19.3 Å². The first-order valence-corrected chi connectivity index (χ1v) is 5.68. The van der Waals surface area contributed by atoms with Crippen LogP contribution in [0.1, 0.15) is 36.9 Å². The molecule has 2 nitrogen and oxygen atoms in total. The van der Waals surface area contributed by atoms with E-state index in [4.69, 9.17) is 4.74 Å². The van der Waals surface area contributed by atoms with Gasteiger partial charge in [0.2, 0.25) is 0 Å². The van der Waals surface area contributed by atoms with E-state index in [2.05, 4.69) is 43.4 Å². The Kier molecular flexibility index (Phi) is 3.39. The Morgan fingerprint density at radius 1 is 1.27 bits per heavy atom. The Bertz CT molecular complexity index is 299. The van der Waals surface area contributed by atoms with Crippen LogP contribution in [-0.4, -0.2) is 19.8 Å². The van der Waals surface area contributed by atoms with E-state index in [1.807, 2.05) is 0 Å². The van der Waals surface area contributed by atoms with Crippen molar-refractivity contribution < 1.29 is 4.74 Å². The molecule has 1 saturated heterocycles. The maximum atomic E-state index is 5.45. The molecule has 15 heavy (non-hydrogen) atoms. The molecule has 0 bridgehead atoms. The van der Waals surface area contributed by atoms with Gasteiger partial charge in [-0.25, -0.2) is 0 Å². The lowest BCUT2D eigenvalue weighted by atomic mass is 9.99. The first kappa shape index (κ1) is 10.7. The highest BCUT2D eigenvalue weighted by Crippen LogP contribution is 2.19. The molecule has 82 valence electrons. The summed E-state index contributed by atoms with van der Waals surface area (Å²) in [6.45, 7) is 7.02. The van der Waals surface area contributed by atoms with Crippen LogP contribution in [0.25, 0.3) is 0 Å². The first-order chi connectivity index (χ1) is 7.27. The number of nitrogens with one attached hydrogen (secondary N) is 1. The molecule has 0 radical (unpaired) electrons. The fourth-order valence-electron chi connectivity index (χ4n) is 1.89. The normalized spacial score (nSPS) is 21.9. The van der Waals surface area contributed by atoms with Gasteiger partial charge in [0, 0.05) is 6.54 Å². The van der Waals surface area contributed by atoms with Gasteiger partial charge in [-0.1, -0.05) is 38.1 Å². The van der Waals surface area contributed by atoms with Crippen molar-refractivity contribution in [2.45, 2.75) is 25.8 Å². The Morgan fingerprint density at radius 2 is 2.00 bits per heavy atom. The first-order valence-electron chi connectivity index (χ1n) is 5.68. The SMILES string of the molecule is CC(C)c1ccc(C2COCCN2)cc1. The molecule has 1 unspecified atom stereocenters. The molecule has 0 aromatic heterocycles. The van der Waals surface area contributed by atoms with E-state index < -0.39 is 0 Å². The van der Waals surface area contributed by atoms with Crippen molar-refractivity contribution in [1.82, 2.24) is 5.32 Å². The highest BCUT2D eigenvalue weighted by atomic mass is 16.5. The van der Waals surface area contributed by atoms with E-state index >= 15 is 0 Å². The molecule has 1 fully saturated rings. The van der Waals surface area contributed by atoms with Gasteiger partial charge < -0.3 is 10.1 Å². The lowest BCUT2D eigenvalue weighted by Crippen LogP contribution is -2.34. The molecule has 0 aliphatic carbocycles. The summed E-state index contributed by atoms with van der Waals surface area (Å²) in [5.41, 5.74) is 2.73. The fraction of sp³-hybridized carbons (Fsp3) is 0.538. The van der Waals surface area contributed by atoms with Crippen LogP contribution in [0.4, 0.5) is 0 Å². The van der Waals surface area contributed by atoms with Crippen LogP contribution < -0.4 is 5.32 Å². The van der Waals surface area contributed by atoms with Gasteiger partial charge in [0.15, 0.2) is 0 Å². The van der Waals surface area contributed by atoms with Crippen LogP contribution in [0.2, 0.25) is 0 Å². The molecule has 0 saturated carbocycles. The molecule has 2 heteroatoms. The van der Waals surface area contributed by atoms with Crippen molar-refractivity contribution in [3.63, 3.8) is 0 Å². The summed E-state index contributed by atoms with van der Waals surface area (Å²) >= 11 is 0. The second kappa shape index (κ2) is 4.77. The summed E-state index contributed by atoms with van der Waals surface area (Å²) in [5, 5.41) is 3.46. The zero-order valence-electron chi connectivity index (χ0n) is 9.49. The lowest BCUT2D eigenvalue weighted by molar-refractivity contribution is 0.0769. The van der Waals surface area contributed by atoms with Crippen LogP contribution in [0, 0.1) is 0 Å². The predicted octanol–water partition coefficient (Wildman–Crippen LogP) is 2.47. The Hall–Kier alpha value is -0.860. The highest BCUT2D eigenvalue weighted by molar-refractivity contribution is 5.27. The Balaban J connectivity index is 2.08. The smallest absolute Gasteiger partial charge is 0.0662 e. The van der Waals surface area contributed by atoms with Crippen LogP contribution in [-0.2, 0) is 4.74 Å². The zero-order chi connectivity index (χ0) is 10.7. The van der Waals surface area contributed by atoms with Gasteiger partial charge in [-0.3, -0.25) is 0 Å². The fourth-order valence-corrected chi connectivity index (χ4v) is 1.89. The van der Waals surface area contributed by atoms with Gasteiger partial charge >= 0.3 is 0 Å². The molecular weight excluding hydrogens is 186 g/mol. The molecule has 0 amide bonds. The Morgan fingerprint density at radius 3 is 2.53 bits per heavy atom. The summed E-state index contributed by atoms with van der Waals surface area (Å²) in [4.78, 5) is 0. The van der Waals surface area contributed by atoms with Gasteiger partial charge in [-0.15, -0.1) is 0 Å². The monoisotopic (exact) mass is 205 g/mol. The van der Waals surface area contributed by atoms with Gasteiger partial charge in [0.25, 0.3) is 0 Å². The summed E-state index contributed by atoms with van der Waals surface area (Å²) < 4.78 is 5.45. The molecular formula is C13H19NO. The van der Waals surface area contributed by atoms with Crippen molar-refractivity contribution in [1.29, 1.82) is 0 Å². The van der Waals surface area contributed by atoms with E-state index in [1.165, 1.54) is 11.1 Å². The maximum absolute atomic E-state index is 5.45. The minimum atomic E-state index is 0.375. The Labute approximate surface area is 91.6 Å². The summed E-state index contributed by atoms with van der Waals surface area (Å²) in [6.07, 6.45) is 0. The third-order valence-corrected chi connectivity index (χ3v) is 2.93. The van der Waals surface area contributed by atoms with Crippen LogP contribution in [0.5, 0.6) is 0 Å². The van der Waals surface area contributed by atoms with E-state index in [1.54, 1.807) is 0 Å². The van der Waals surface area contributed by atoms with Gasteiger partial charge in [0.1, 0.15) is 0 Å². The molecule has 0 spiro atoms. The number of morpholine rings is 1. The second-order valence-corrected chi connectivity index (χ2v) is 4.40. The van der Waals surface area contributed by atoms with E-state index in [9.17, 15) is 0 Å². The highest BCUT2D eigenvalue weighted by Gasteiger charge is 2.14. The van der Waals surface area contributed by atoms with Crippen molar-refractivity contribution in [3.05, 3.63) is 35.4 Å². The van der Waals surface area contributed by atoms with Crippen molar-refractivity contribution in [3.8, 4) is 0 Å². The molecule has 1 aliphatic rings. The van der Waals surface area contributed by atoms with E-state index in [-0.39, 0.29) is 0 Å². The quantitative estimate of drug-likeness (QED) is 0.801. The summed E-state index contributed by atoms with van der Waals surface area (Å²) in [7, 11) is 0. The van der Waals surface area contributed by atoms with Gasteiger partial charge in [-0.05, 0) is 17.0 Å². The molecule has 1 atom stereocenters. The standard InChI is InChI=1S/C13H19NO/c1-10(2)11-3-5-12(6-4-11)13-9-15-8-7-14-13/h3-6,10,13-14H,7-9H2,1-2H3. The lowest BCUT2D eigenvalue weighted by Gasteiger charge is -2.24. The van der Waals surface area contributed by atoms with Gasteiger partial charge in [-0.2, -0.15) is 0 Å². The second-order valence-electron chi connectivity index (χ2n) is 4.40. The molecule has 2 rings (SSSR count). The molecule has 1 N–H and O–H groups in total. The topological polar surface area (TPSA) is 21.3 Å². The molecule has 1 aliphatic heterocycles. The molecule has 1 heterocycles. The minimum Gasteiger partial charge on any atom is -0.378 e. The van der Waals surface area contributed by atoms with Crippen molar-refractivity contribution in [2.75, 3.05) is 19.8 Å². The van der Waals surface area contributed by atoms with Crippen LogP contribution in [0.3, 0.4) is 0 Å². The van der Waals surface area contributed by atoms with Crippen LogP contribution >= 0.6 is 0 Å². The zero-order valence-corrected chi connectivity index (χ0v) is 9.49. The molecule has 1 aromatic carbocycles. The predicted molar refractivity (Wildman–Crippen MR) is 62.1 cm³/mol. The summed E-state index contributed by atoms with van der Waals surface area (Å²) in [6, 6.07) is 9.23. The molecule has 1 aromatic rings. The number of benzene rings is 1. The van der Waals surface area contributed by atoms with Crippen molar-refractivity contribution >= 4 is 0 Å². The number of rotatable bonds is 2. The average molecular weight is 205 g/mol. The maximum Gasteiger partial charge on any atom is 0.0662 e. The van der Waals surface area contributed by atoms with E-state index in [0.717, 1.165) is 19.8 Å². The summed E-state index contributed by atoms with van der Waals surface area (Å²) in [5.74, 6) is 0.606. The third kappa shape index (κ3) is 2.58. The number of ether oxygens (including phenoxy) is 1. The van der Waals surface area contributed by atoms with Crippen molar-refractivity contribution in [2.24, 2.45) is 0 Å². The third-order valence-electron chi connectivity index (χ3n) is 2.93.